The van der Waals surface area contributed by atoms with Crippen molar-refractivity contribution in [1.82, 2.24) is 5.32 Å². The Morgan fingerprint density at radius 3 is 2.76 bits per heavy atom. The molecule has 0 spiro atoms. The maximum absolute atomic E-state index is 13.4. The van der Waals surface area contributed by atoms with Gasteiger partial charge in [-0.25, -0.2) is 4.39 Å². The van der Waals surface area contributed by atoms with Gasteiger partial charge in [-0.3, -0.25) is 0 Å². The van der Waals surface area contributed by atoms with Crippen molar-refractivity contribution in [2.75, 3.05) is 6.54 Å². The molecule has 90 valence electrons. The van der Waals surface area contributed by atoms with E-state index in [2.05, 4.69) is 25.2 Å². The quantitative estimate of drug-likeness (QED) is 0.864. The van der Waals surface area contributed by atoms with Crippen molar-refractivity contribution in [2.45, 2.75) is 20.4 Å². The first-order chi connectivity index (χ1) is 8.22. The van der Waals surface area contributed by atoms with Gasteiger partial charge in [0, 0.05) is 11.4 Å². The molecule has 0 aliphatic heterocycles. The number of aryl methyl sites for hydroxylation is 1. The SMILES string of the molecule is CCNCc1ccc(F)cc1-c1sccc1C. The fourth-order valence-corrected chi connectivity index (χ4v) is 2.80. The first-order valence-corrected chi connectivity index (χ1v) is 6.64. The highest BCUT2D eigenvalue weighted by Crippen LogP contribution is 2.32. The van der Waals surface area contributed by atoms with Gasteiger partial charge in [0.15, 0.2) is 0 Å². The van der Waals surface area contributed by atoms with Gasteiger partial charge in [0.25, 0.3) is 0 Å². The van der Waals surface area contributed by atoms with Crippen molar-refractivity contribution in [3.05, 3.63) is 46.6 Å². The standard InChI is InChI=1S/C14H16FNS/c1-3-16-9-11-4-5-12(15)8-13(11)14-10(2)6-7-17-14/h4-8,16H,3,9H2,1-2H3. The number of halogens is 1. The third-order valence-corrected chi connectivity index (χ3v) is 3.79. The van der Waals surface area contributed by atoms with Crippen molar-refractivity contribution >= 4 is 11.3 Å². The van der Waals surface area contributed by atoms with Crippen LogP contribution in [0, 0.1) is 12.7 Å². The van der Waals surface area contributed by atoms with Crippen molar-refractivity contribution < 1.29 is 4.39 Å². The molecule has 1 aromatic heterocycles. The molecule has 0 amide bonds. The second-order valence-corrected chi connectivity index (χ2v) is 4.93. The van der Waals surface area contributed by atoms with E-state index in [0.717, 1.165) is 29.1 Å². The van der Waals surface area contributed by atoms with E-state index < -0.39 is 0 Å². The number of hydrogen-bond acceptors (Lipinski definition) is 2. The molecule has 0 aliphatic rings. The van der Waals surface area contributed by atoms with Crippen LogP contribution in [-0.2, 0) is 6.54 Å². The van der Waals surface area contributed by atoms with E-state index >= 15 is 0 Å². The monoisotopic (exact) mass is 249 g/mol. The molecular weight excluding hydrogens is 233 g/mol. The molecule has 0 bridgehead atoms. The normalized spacial score (nSPS) is 10.8. The van der Waals surface area contributed by atoms with Crippen LogP contribution in [-0.4, -0.2) is 6.54 Å². The topological polar surface area (TPSA) is 12.0 Å². The maximum atomic E-state index is 13.4. The fourth-order valence-electron chi connectivity index (χ4n) is 1.82. The van der Waals surface area contributed by atoms with Gasteiger partial charge < -0.3 is 5.32 Å². The summed E-state index contributed by atoms with van der Waals surface area (Å²) >= 11 is 1.66. The summed E-state index contributed by atoms with van der Waals surface area (Å²) in [5.41, 5.74) is 3.37. The Morgan fingerprint density at radius 1 is 1.29 bits per heavy atom. The lowest BCUT2D eigenvalue weighted by atomic mass is 10.0. The lowest BCUT2D eigenvalue weighted by Crippen LogP contribution is -2.12. The van der Waals surface area contributed by atoms with E-state index in [-0.39, 0.29) is 5.82 Å². The van der Waals surface area contributed by atoms with Crippen molar-refractivity contribution in [3.63, 3.8) is 0 Å². The maximum Gasteiger partial charge on any atom is 0.123 e. The highest BCUT2D eigenvalue weighted by Gasteiger charge is 2.09. The highest BCUT2D eigenvalue weighted by atomic mass is 32.1. The van der Waals surface area contributed by atoms with E-state index in [9.17, 15) is 4.39 Å². The van der Waals surface area contributed by atoms with Gasteiger partial charge in [-0.2, -0.15) is 0 Å². The van der Waals surface area contributed by atoms with Gasteiger partial charge in [-0.05, 0) is 53.7 Å². The van der Waals surface area contributed by atoms with Crippen molar-refractivity contribution in [1.29, 1.82) is 0 Å². The van der Waals surface area contributed by atoms with Crippen molar-refractivity contribution in [3.8, 4) is 10.4 Å². The van der Waals surface area contributed by atoms with E-state index in [1.165, 1.54) is 11.6 Å². The molecule has 0 saturated heterocycles. The summed E-state index contributed by atoms with van der Waals surface area (Å²) in [6.07, 6.45) is 0. The minimum atomic E-state index is -0.173. The van der Waals surface area contributed by atoms with Crippen LogP contribution in [0.1, 0.15) is 18.1 Å². The minimum Gasteiger partial charge on any atom is -0.313 e. The van der Waals surface area contributed by atoms with Crippen LogP contribution in [0.15, 0.2) is 29.6 Å². The van der Waals surface area contributed by atoms with Gasteiger partial charge in [-0.15, -0.1) is 11.3 Å². The van der Waals surface area contributed by atoms with Crippen molar-refractivity contribution in [2.24, 2.45) is 0 Å². The zero-order valence-electron chi connectivity index (χ0n) is 10.1. The predicted octanol–water partition coefficient (Wildman–Crippen LogP) is 3.97. The molecule has 0 saturated carbocycles. The van der Waals surface area contributed by atoms with Crippen LogP contribution < -0.4 is 5.32 Å². The second kappa shape index (κ2) is 5.43. The average molecular weight is 249 g/mol. The highest BCUT2D eigenvalue weighted by molar-refractivity contribution is 7.13. The fraction of sp³-hybridized carbons (Fsp3) is 0.286. The number of rotatable bonds is 4. The van der Waals surface area contributed by atoms with Crippen LogP contribution in [0.3, 0.4) is 0 Å². The van der Waals surface area contributed by atoms with Crippen LogP contribution >= 0.6 is 11.3 Å². The molecule has 1 aromatic carbocycles. The summed E-state index contributed by atoms with van der Waals surface area (Å²) < 4.78 is 13.4. The lowest BCUT2D eigenvalue weighted by Gasteiger charge is -2.10. The molecule has 2 aromatic rings. The number of benzene rings is 1. The van der Waals surface area contributed by atoms with Gasteiger partial charge >= 0.3 is 0 Å². The Labute approximate surface area is 105 Å². The molecule has 1 nitrogen and oxygen atoms in total. The third-order valence-electron chi connectivity index (χ3n) is 2.74. The number of hydrogen-bond donors (Lipinski definition) is 1. The lowest BCUT2D eigenvalue weighted by molar-refractivity contribution is 0.626. The van der Waals surface area contributed by atoms with Crippen LogP contribution in [0.5, 0.6) is 0 Å². The molecule has 17 heavy (non-hydrogen) atoms. The average Bonchev–Trinajstić information content (AvgIpc) is 2.74. The smallest absolute Gasteiger partial charge is 0.123 e. The summed E-state index contributed by atoms with van der Waals surface area (Å²) in [6, 6.07) is 7.10. The second-order valence-electron chi connectivity index (χ2n) is 4.01. The molecule has 1 N–H and O–H groups in total. The molecular formula is C14H16FNS. The Kier molecular flexibility index (Phi) is 3.92. The molecule has 1 heterocycles. The Balaban J connectivity index is 2.43. The summed E-state index contributed by atoms with van der Waals surface area (Å²) in [6.45, 7) is 5.83. The summed E-state index contributed by atoms with van der Waals surface area (Å²) in [4.78, 5) is 1.16. The number of nitrogens with one attached hydrogen (secondary N) is 1. The van der Waals surface area contributed by atoms with Crippen LogP contribution in [0.25, 0.3) is 10.4 Å². The minimum absolute atomic E-state index is 0.173. The first-order valence-electron chi connectivity index (χ1n) is 5.76. The van der Waals surface area contributed by atoms with Crippen LogP contribution in [0.2, 0.25) is 0 Å². The van der Waals surface area contributed by atoms with Gasteiger partial charge in [-0.1, -0.05) is 13.0 Å². The van der Waals surface area contributed by atoms with E-state index in [1.807, 2.05) is 11.4 Å². The third kappa shape index (κ3) is 2.73. The van der Waals surface area contributed by atoms with E-state index in [4.69, 9.17) is 0 Å². The molecule has 0 fully saturated rings. The molecule has 0 radical (unpaired) electrons. The predicted molar refractivity (Wildman–Crippen MR) is 71.8 cm³/mol. The molecule has 0 atom stereocenters. The molecule has 3 heteroatoms. The summed E-state index contributed by atoms with van der Waals surface area (Å²) in [7, 11) is 0. The Hall–Kier alpha value is -1.19. The largest absolute Gasteiger partial charge is 0.313 e. The summed E-state index contributed by atoms with van der Waals surface area (Å²) in [5.74, 6) is -0.173. The Morgan fingerprint density at radius 2 is 2.12 bits per heavy atom. The molecule has 2 rings (SSSR count). The van der Waals surface area contributed by atoms with E-state index in [1.54, 1.807) is 17.4 Å². The van der Waals surface area contributed by atoms with Crippen LogP contribution in [0.4, 0.5) is 4.39 Å². The zero-order valence-corrected chi connectivity index (χ0v) is 10.9. The first kappa shape index (κ1) is 12.3. The number of thiophene rings is 1. The van der Waals surface area contributed by atoms with Gasteiger partial charge in [0.1, 0.15) is 5.82 Å². The molecule has 0 aliphatic carbocycles. The van der Waals surface area contributed by atoms with Gasteiger partial charge in [0.2, 0.25) is 0 Å². The zero-order chi connectivity index (χ0) is 12.3. The summed E-state index contributed by atoms with van der Waals surface area (Å²) in [5, 5.41) is 5.34. The Bertz CT molecular complexity index is 505. The van der Waals surface area contributed by atoms with Gasteiger partial charge in [0.05, 0.1) is 0 Å². The van der Waals surface area contributed by atoms with E-state index in [0.29, 0.717) is 0 Å². The molecule has 0 unspecified atom stereocenters.